The van der Waals surface area contributed by atoms with E-state index in [1.165, 1.54) is 23.4 Å². The van der Waals surface area contributed by atoms with Crippen molar-refractivity contribution in [2.75, 3.05) is 0 Å². The van der Waals surface area contributed by atoms with Crippen molar-refractivity contribution in [3.8, 4) is 23.5 Å². The van der Waals surface area contributed by atoms with Crippen molar-refractivity contribution in [2.24, 2.45) is 0 Å². The number of hydrogen-bond donors (Lipinski definition) is 0. The molecule has 0 fully saturated rings. The Labute approximate surface area is 102 Å². The van der Waals surface area contributed by atoms with Gasteiger partial charge in [0.15, 0.2) is 0 Å². The zero-order valence-electron chi connectivity index (χ0n) is 9.20. The van der Waals surface area contributed by atoms with Gasteiger partial charge in [0.2, 0.25) is 0 Å². The molecule has 0 spiro atoms. The van der Waals surface area contributed by atoms with E-state index < -0.39 is 11.7 Å². The summed E-state index contributed by atoms with van der Waals surface area (Å²) >= 11 is 0. The van der Waals surface area contributed by atoms with Crippen molar-refractivity contribution in [1.29, 1.82) is 0 Å². The Morgan fingerprint density at radius 1 is 1.06 bits per heavy atom. The van der Waals surface area contributed by atoms with Gasteiger partial charge in [-0.3, -0.25) is 0 Å². The summed E-state index contributed by atoms with van der Waals surface area (Å²) in [6.07, 6.45) is 1.64. The number of rotatable bonds is 0. The third-order valence-corrected chi connectivity index (χ3v) is 2.36. The summed E-state index contributed by atoms with van der Waals surface area (Å²) in [5.41, 5.74) is 1.61. The second kappa shape index (κ2) is 4.53. The van der Waals surface area contributed by atoms with Crippen LogP contribution in [0.4, 0.5) is 13.2 Å². The molecule has 1 heterocycles. The number of fused-ring (bicyclic) bond motifs is 1. The molecule has 1 aromatic heterocycles. The summed E-state index contributed by atoms with van der Waals surface area (Å²) in [6.45, 7) is 0. The zero-order valence-corrected chi connectivity index (χ0v) is 9.20. The molecule has 0 aromatic carbocycles. The average molecular weight is 247 g/mol. The van der Waals surface area contributed by atoms with Crippen LogP contribution in [0.3, 0.4) is 0 Å². The van der Waals surface area contributed by atoms with Gasteiger partial charge in [0.1, 0.15) is 5.69 Å². The van der Waals surface area contributed by atoms with Gasteiger partial charge < -0.3 is 0 Å². The zero-order chi connectivity index (χ0) is 13.2. The molecule has 4 heteroatoms. The lowest BCUT2D eigenvalue weighted by Gasteiger charge is -2.06. The van der Waals surface area contributed by atoms with E-state index in [2.05, 4.69) is 29.2 Å². The van der Waals surface area contributed by atoms with Crippen molar-refractivity contribution >= 4 is 0 Å². The first kappa shape index (κ1) is 12.2. The Balaban J connectivity index is 0.000000164. The van der Waals surface area contributed by atoms with Crippen LogP contribution in [-0.2, 0) is 6.18 Å². The minimum Gasteiger partial charge on any atom is -0.247 e. The quantitative estimate of drug-likeness (QED) is 0.551. The van der Waals surface area contributed by atoms with E-state index in [1.54, 1.807) is 0 Å². The van der Waals surface area contributed by atoms with E-state index in [0.29, 0.717) is 0 Å². The fourth-order valence-corrected chi connectivity index (χ4v) is 1.42. The summed E-state index contributed by atoms with van der Waals surface area (Å²) < 4.78 is 36.3. The number of nitrogens with zero attached hydrogens (tertiary/aromatic N) is 1. The van der Waals surface area contributed by atoms with Crippen LogP contribution in [-0.4, -0.2) is 4.98 Å². The van der Waals surface area contributed by atoms with Gasteiger partial charge in [-0.2, -0.15) is 13.2 Å². The van der Waals surface area contributed by atoms with E-state index in [9.17, 15) is 13.2 Å². The Kier molecular flexibility index (Phi) is 3.07. The number of alkyl halides is 3. The first-order chi connectivity index (χ1) is 8.52. The Hall–Kier alpha value is -2.28. The minimum atomic E-state index is -4.42. The summed E-state index contributed by atoms with van der Waals surface area (Å²) in [4.78, 5) is 3.41. The van der Waals surface area contributed by atoms with Crippen LogP contribution in [0.2, 0.25) is 0 Å². The first-order valence-corrected chi connectivity index (χ1v) is 5.11. The highest BCUT2D eigenvalue weighted by Crippen LogP contribution is 2.32. The molecule has 0 saturated heterocycles. The number of terminal acetylenes is 1. The van der Waals surface area contributed by atoms with Gasteiger partial charge in [-0.05, 0) is 35.2 Å². The maximum Gasteiger partial charge on any atom is 0.419 e. The molecule has 0 unspecified atom stereocenters. The molecule has 90 valence electrons. The summed E-state index contributed by atoms with van der Waals surface area (Å²) in [7, 11) is 0. The molecule has 0 saturated carbocycles. The third kappa shape index (κ3) is 2.69. The first-order valence-electron chi connectivity index (χ1n) is 5.11. The fraction of sp³-hybridized carbons (Fsp3) is 0.0714. The molecule has 0 aliphatic heterocycles. The van der Waals surface area contributed by atoms with Gasteiger partial charge in [0, 0.05) is 6.20 Å². The van der Waals surface area contributed by atoms with Crippen LogP contribution >= 0.6 is 0 Å². The molecule has 0 bridgehead atoms. The Morgan fingerprint density at radius 3 is 2.06 bits per heavy atom. The number of benzene rings is 1. The van der Waals surface area contributed by atoms with Crippen LogP contribution in [0.5, 0.6) is 0 Å². The summed E-state index contributed by atoms with van der Waals surface area (Å²) in [6, 6.07) is 10.6. The van der Waals surface area contributed by atoms with E-state index in [1.807, 2.05) is 5.92 Å². The van der Waals surface area contributed by atoms with Gasteiger partial charge >= 0.3 is 6.18 Å². The lowest BCUT2D eigenvalue weighted by atomic mass is 10.2. The summed E-state index contributed by atoms with van der Waals surface area (Å²) in [5.74, 6) is 1.87. The van der Waals surface area contributed by atoms with Gasteiger partial charge in [-0.15, -0.1) is 6.42 Å². The monoisotopic (exact) mass is 247 g/mol. The molecule has 1 aromatic rings. The highest BCUT2D eigenvalue weighted by molar-refractivity contribution is 5.80. The van der Waals surface area contributed by atoms with Crippen molar-refractivity contribution in [3.05, 3.63) is 53.9 Å². The molecular weight excluding hydrogens is 239 g/mol. The largest absolute Gasteiger partial charge is 0.419 e. The van der Waals surface area contributed by atoms with Crippen molar-refractivity contribution in [2.45, 2.75) is 6.18 Å². The number of hydrogen-bond acceptors (Lipinski definition) is 1. The number of pyridine rings is 1. The van der Waals surface area contributed by atoms with Crippen molar-refractivity contribution in [3.63, 3.8) is 0 Å². The standard InChI is InChI=1S/C8H4F3N.C6H4/c1-2-7-6(8(9,10)11)4-3-5-12-7;1-2-5-4-6(5)3-1/h1,3-5H;1-4H. The number of halogens is 3. The topological polar surface area (TPSA) is 12.9 Å². The maximum atomic E-state index is 12.1. The van der Waals surface area contributed by atoms with E-state index in [-0.39, 0.29) is 5.69 Å². The van der Waals surface area contributed by atoms with Gasteiger partial charge in [-0.1, -0.05) is 18.2 Å². The minimum absolute atomic E-state index is 0.370. The molecule has 1 nitrogen and oxygen atoms in total. The van der Waals surface area contributed by atoms with Crippen LogP contribution < -0.4 is 0 Å². The highest BCUT2D eigenvalue weighted by atomic mass is 19.4. The van der Waals surface area contributed by atoms with Crippen molar-refractivity contribution in [1.82, 2.24) is 4.98 Å². The molecule has 2 aliphatic rings. The molecule has 0 amide bonds. The molecule has 0 atom stereocenters. The van der Waals surface area contributed by atoms with E-state index in [4.69, 9.17) is 6.42 Å². The van der Waals surface area contributed by atoms with Crippen LogP contribution in [0, 0.1) is 12.3 Å². The second-order valence-electron chi connectivity index (χ2n) is 3.62. The smallest absolute Gasteiger partial charge is 0.247 e. The molecule has 18 heavy (non-hydrogen) atoms. The Bertz CT molecular complexity index is 592. The average Bonchev–Trinajstić information content (AvgIpc) is 2.96. The van der Waals surface area contributed by atoms with Gasteiger partial charge in [0.05, 0.1) is 5.56 Å². The molecule has 0 N–H and O–H groups in total. The lowest BCUT2D eigenvalue weighted by Crippen LogP contribution is -2.08. The third-order valence-electron chi connectivity index (χ3n) is 2.36. The molecule has 3 rings (SSSR count). The van der Waals surface area contributed by atoms with Gasteiger partial charge in [-0.25, -0.2) is 4.98 Å². The maximum absolute atomic E-state index is 12.1. The predicted octanol–water partition coefficient (Wildman–Crippen LogP) is 3.75. The summed E-state index contributed by atoms with van der Waals surface area (Å²) in [5, 5.41) is 0. The van der Waals surface area contributed by atoms with Crippen molar-refractivity contribution < 1.29 is 13.2 Å². The lowest BCUT2D eigenvalue weighted by molar-refractivity contribution is -0.138. The normalized spacial score (nSPS) is 11.0. The van der Waals surface area contributed by atoms with Crippen LogP contribution in [0.15, 0.2) is 42.6 Å². The molecular formula is C14H8F3N. The highest BCUT2D eigenvalue weighted by Gasteiger charge is 2.33. The van der Waals surface area contributed by atoms with E-state index in [0.717, 1.165) is 6.07 Å². The van der Waals surface area contributed by atoms with Crippen LogP contribution in [0.25, 0.3) is 11.1 Å². The predicted molar refractivity (Wildman–Crippen MR) is 62.6 cm³/mol. The van der Waals surface area contributed by atoms with Crippen LogP contribution in [0.1, 0.15) is 11.3 Å². The molecule has 2 aliphatic carbocycles. The van der Waals surface area contributed by atoms with E-state index >= 15 is 0 Å². The number of aromatic nitrogens is 1. The second-order valence-corrected chi connectivity index (χ2v) is 3.62. The SMILES string of the molecule is C#Cc1ncccc1C(F)(F)F.c1cc2cc-2c1. The Morgan fingerprint density at radius 2 is 1.72 bits per heavy atom. The molecule has 0 radical (unpaired) electrons. The fourth-order valence-electron chi connectivity index (χ4n) is 1.42. The van der Waals surface area contributed by atoms with Gasteiger partial charge in [0.25, 0.3) is 0 Å².